The molecule has 0 spiro atoms. The fourth-order valence-electron chi connectivity index (χ4n) is 0. The molecule has 0 aromatic rings. The Balaban J connectivity index is 2.30. The number of hydrogen-bond donors (Lipinski definition) is 0. The van der Waals surface area contributed by atoms with Gasteiger partial charge < -0.3 is 0 Å². The van der Waals surface area contributed by atoms with E-state index in [1.165, 1.54) is 0 Å². The van der Waals surface area contributed by atoms with Crippen LogP contribution < -0.4 is 0 Å². The SMILES string of the molecule is B=CSC. The maximum atomic E-state index is 3.44. The molecule has 0 atom stereocenters. The second-order valence-corrected chi connectivity index (χ2v) is 1.21. The summed E-state index contributed by atoms with van der Waals surface area (Å²) in [5.74, 6) is 0. The van der Waals surface area contributed by atoms with Gasteiger partial charge >= 0.3 is 30.8 Å². The van der Waals surface area contributed by atoms with E-state index in [0.29, 0.717) is 0 Å². The fraction of sp³-hybridized carbons (Fsp3) is 0.500. The molecule has 0 N–H and O–H groups in total. The Morgan fingerprint density at radius 2 is 2.25 bits per heavy atom. The summed E-state index contributed by atoms with van der Waals surface area (Å²) in [5.41, 5.74) is 0. The first kappa shape index (κ1) is 4.28. The molecule has 0 aromatic heterocycles. The second-order valence-electron chi connectivity index (χ2n) is 0.402. The predicted molar refractivity (Wildman–Crippen MR) is 26.7 cm³/mol. The summed E-state index contributed by atoms with van der Waals surface area (Å²) in [4.78, 5) is 0. The Morgan fingerprint density at radius 1 is 2.00 bits per heavy atom. The predicted octanol–water partition coefficient (Wildman–Crippen LogP) is 0.00990. The van der Waals surface area contributed by atoms with Crippen molar-refractivity contribution in [2.75, 3.05) is 6.26 Å². The topological polar surface area (TPSA) is 0 Å². The monoisotopic (exact) mass is 72.0 g/mol. The molecule has 0 saturated carbocycles. The number of rotatable bonds is 1. The van der Waals surface area contributed by atoms with Crippen molar-refractivity contribution in [1.29, 1.82) is 0 Å². The minimum atomic E-state index is 1.62. The van der Waals surface area contributed by atoms with Crippen LogP contribution in [0.25, 0.3) is 0 Å². The third-order valence-electron chi connectivity index (χ3n) is 0.167. The van der Waals surface area contributed by atoms with Gasteiger partial charge in [0, 0.05) is 0 Å². The molecule has 22 valence electrons. The minimum absolute atomic E-state index is 1.62. The van der Waals surface area contributed by atoms with Gasteiger partial charge in [0.1, 0.15) is 0 Å². The molecule has 2 heteroatoms. The number of thioether (sulfide) groups is 1. The van der Waals surface area contributed by atoms with Crippen LogP contribution in [-0.2, 0) is 0 Å². The molecule has 0 aliphatic heterocycles. The van der Waals surface area contributed by atoms with Crippen molar-refractivity contribution in [1.82, 2.24) is 0 Å². The van der Waals surface area contributed by atoms with Gasteiger partial charge in [0.25, 0.3) is 0 Å². The molecule has 0 aliphatic carbocycles. The van der Waals surface area contributed by atoms with Crippen molar-refractivity contribution in [3.8, 4) is 0 Å². The summed E-state index contributed by atoms with van der Waals surface area (Å²) >= 11 is 1.62. The van der Waals surface area contributed by atoms with E-state index in [-0.39, 0.29) is 0 Å². The van der Waals surface area contributed by atoms with Crippen molar-refractivity contribution in [3.05, 3.63) is 0 Å². The van der Waals surface area contributed by atoms with Crippen LogP contribution in [0.4, 0.5) is 0 Å². The molecule has 0 fully saturated rings. The van der Waals surface area contributed by atoms with E-state index in [2.05, 4.69) is 7.49 Å². The molecule has 0 unspecified atom stereocenters. The molecular formula is C2H5BS. The first-order valence-electron chi connectivity index (χ1n) is 1.05. The van der Waals surface area contributed by atoms with Crippen LogP contribution in [0.3, 0.4) is 0 Å². The Labute approximate surface area is 31.7 Å². The zero-order valence-corrected chi connectivity index (χ0v) is 3.51. The van der Waals surface area contributed by atoms with Gasteiger partial charge in [-0.25, -0.2) is 0 Å². The maximum absolute atomic E-state index is 3.44. The van der Waals surface area contributed by atoms with E-state index in [4.69, 9.17) is 0 Å². The summed E-state index contributed by atoms with van der Waals surface area (Å²) in [6.07, 6.45) is 1.98. The summed E-state index contributed by atoms with van der Waals surface area (Å²) in [7, 11) is 3.44. The van der Waals surface area contributed by atoms with Gasteiger partial charge in [-0.05, 0) is 0 Å². The van der Waals surface area contributed by atoms with E-state index in [1.807, 2.05) is 6.26 Å². The molecule has 0 saturated heterocycles. The molecular weight excluding hydrogens is 66.9 g/mol. The average Bonchev–Trinajstić information content (AvgIpc) is 1.37. The summed E-state index contributed by atoms with van der Waals surface area (Å²) in [6, 6.07) is 0. The van der Waals surface area contributed by atoms with Crippen molar-refractivity contribution in [2.45, 2.75) is 0 Å². The zero-order valence-electron chi connectivity index (χ0n) is 2.69. The molecule has 0 radical (unpaired) electrons. The Hall–Kier alpha value is 0.285. The summed E-state index contributed by atoms with van der Waals surface area (Å²) in [6.45, 7) is 0. The van der Waals surface area contributed by atoms with Crippen molar-refractivity contribution in [2.24, 2.45) is 0 Å². The van der Waals surface area contributed by atoms with Crippen molar-refractivity contribution in [3.63, 3.8) is 0 Å². The molecule has 0 bridgehead atoms. The Bertz CT molecular complexity index is 20.0. The Kier molecular flexibility index (Phi) is 3.52. The second kappa shape index (κ2) is 3.28. The zero-order chi connectivity index (χ0) is 3.41. The van der Waals surface area contributed by atoms with E-state index >= 15 is 0 Å². The third-order valence-corrected chi connectivity index (χ3v) is 0.500. The molecule has 0 rings (SSSR count). The van der Waals surface area contributed by atoms with Gasteiger partial charge in [0.05, 0.1) is 0 Å². The average molecular weight is 71.9 g/mol. The quantitative estimate of drug-likeness (QED) is 0.393. The van der Waals surface area contributed by atoms with E-state index in [1.54, 1.807) is 17.1 Å². The van der Waals surface area contributed by atoms with Crippen molar-refractivity contribution >= 4 is 24.5 Å². The van der Waals surface area contributed by atoms with Crippen LogP contribution in [0.2, 0.25) is 0 Å². The van der Waals surface area contributed by atoms with Gasteiger partial charge in [0.15, 0.2) is 0 Å². The van der Waals surface area contributed by atoms with E-state index < -0.39 is 0 Å². The first-order valence-corrected chi connectivity index (χ1v) is 2.34. The van der Waals surface area contributed by atoms with E-state index in [0.717, 1.165) is 0 Å². The Morgan fingerprint density at radius 3 is 2.25 bits per heavy atom. The molecule has 4 heavy (non-hydrogen) atoms. The van der Waals surface area contributed by atoms with Gasteiger partial charge in [-0.15, -0.1) is 0 Å². The number of hydrogen-bond acceptors (Lipinski definition) is 1. The molecule has 0 amide bonds. The normalized spacial score (nSPS) is 6.00. The molecule has 0 aromatic carbocycles. The van der Waals surface area contributed by atoms with Crippen LogP contribution in [-0.4, -0.2) is 19.0 Å². The van der Waals surface area contributed by atoms with Crippen LogP contribution >= 0.6 is 11.8 Å². The molecule has 0 aliphatic rings. The van der Waals surface area contributed by atoms with Crippen LogP contribution in [0, 0.1) is 0 Å². The summed E-state index contributed by atoms with van der Waals surface area (Å²) < 4.78 is 0. The summed E-state index contributed by atoms with van der Waals surface area (Å²) in [5, 5.41) is 1.79. The van der Waals surface area contributed by atoms with Crippen molar-refractivity contribution < 1.29 is 0 Å². The van der Waals surface area contributed by atoms with Gasteiger partial charge in [-0.2, -0.15) is 0 Å². The van der Waals surface area contributed by atoms with E-state index in [9.17, 15) is 0 Å². The molecule has 0 heterocycles. The van der Waals surface area contributed by atoms with Crippen LogP contribution in [0.1, 0.15) is 0 Å². The molecule has 0 nitrogen and oxygen atoms in total. The standard InChI is InChI=1S/C2H5BS/c1-4-2-3/h2-3H,1H3. The van der Waals surface area contributed by atoms with Crippen LogP contribution in [0.15, 0.2) is 0 Å². The van der Waals surface area contributed by atoms with Gasteiger partial charge in [-0.1, -0.05) is 0 Å². The van der Waals surface area contributed by atoms with Gasteiger partial charge in [-0.3, -0.25) is 0 Å². The third kappa shape index (κ3) is 2.28. The van der Waals surface area contributed by atoms with Gasteiger partial charge in [0.2, 0.25) is 0 Å². The van der Waals surface area contributed by atoms with Crippen LogP contribution in [0.5, 0.6) is 0 Å². The first-order chi connectivity index (χ1) is 1.91. The fourth-order valence-corrected chi connectivity index (χ4v) is 0.